The van der Waals surface area contributed by atoms with Crippen LogP contribution in [0.5, 0.6) is 0 Å². The number of nitrogens with zero attached hydrogens (tertiary/aromatic N) is 1. The van der Waals surface area contributed by atoms with Crippen molar-refractivity contribution in [2.75, 3.05) is 32.8 Å². The van der Waals surface area contributed by atoms with Gasteiger partial charge in [0.25, 0.3) is 5.91 Å². The van der Waals surface area contributed by atoms with Crippen LogP contribution in [0, 0.1) is 0 Å². The molecular formula is C16H24N2O2S. The number of hydrogen-bond acceptors (Lipinski definition) is 4. The molecule has 1 aliphatic carbocycles. The van der Waals surface area contributed by atoms with Gasteiger partial charge in [-0.15, -0.1) is 11.3 Å². The van der Waals surface area contributed by atoms with Gasteiger partial charge >= 0.3 is 0 Å². The Morgan fingerprint density at radius 2 is 2.14 bits per heavy atom. The van der Waals surface area contributed by atoms with E-state index in [-0.39, 0.29) is 11.9 Å². The first-order valence-corrected chi connectivity index (χ1v) is 8.76. The van der Waals surface area contributed by atoms with E-state index in [1.54, 1.807) is 11.3 Å². The smallest absolute Gasteiger partial charge is 0.261 e. The summed E-state index contributed by atoms with van der Waals surface area (Å²) >= 11 is 1.69. The van der Waals surface area contributed by atoms with Crippen molar-refractivity contribution in [1.82, 2.24) is 10.2 Å². The molecule has 0 radical (unpaired) electrons. The zero-order valence-electron chi connectivity index (χ0n) is 12.7. The van der Waals surface area contributed by atoms with Gasteiger partial charge in [0.2, 0.25) is 0 Å². The lowest BCUT2D eigenvalue weighted by atomic mass is 9.99. The minimum atomic E-state index is 0.0927. The summed E-state index contributed by atoms with van der Waals surface area (Å²) in [5.74, 6) is 0.0927. The third-order valence-electron chi connectivity index (χ3n) is 4.23. The summed E-state index contributed by atoms with van der Waals surface area (Å²) in [4.78, 5) is 17.0. The Bertz CT molecular complexity index is 471. The van der Waals surface area contributed by atoms with Gasteiger partial charge in [0.1, 0.15) is 0 Å². The van der Waals surface area contributed by atoms with E-state index in [9.17, 15) is 4.79 Å². The van der Waals surface area contributed by atoms with Crippen LogP contribution in [-0.4, -0.2) is 49.7 Å². The van der Waals surface area contributed by atoms with E-state index < -0.39 is 0 Å². The number of thiophene rings is 1. The number of carbonyl (C=O) groups is 1. The first-order chi connectivity index (χ1) is 10.2. The Hall–Kier alpha value is -0.910. The van der Waals surface area contributed by atoms with Crippen LogP contribution in [0.1, 0.15) is 39.9 Å². The van der Waals surface area contributed by atoms with Crippen LogP contribution in [0.15, 0.2) is 6.07 Å². The fourth-order valence-electron chi connectivity index (χ4n) is 3.11. The van der Waals surface area contributed by atoms with Crippen LogP contribution in [0.4, 0.5) is 0 Å². The van der Waals surface area contributed by atoms with Gasteiger partial charge in [0.15, 0.2) is 0 Å². The summed E-state index contributed by atoms with van der Waals surface area (Å²) in [6.45, 7) is 6.53. The number of fused-ring (bicyclic) bond motifs is 1. The fourth-order valence-corrected chi connectivity index (χ4v) is 4.27. The van der Waals surface area contributed by atoms with Gasteiger partial charge in [-0.1, -0.05) is 0 Å². The largest absolute Gasteiger partial charge is 0.379 e. The Kier molecular flexibility index (Phi) is 4.93. The summed E-state index contributed by atoms with van der Waals surface area (Å²) in [6, 6.07) is 2.28. The topological polar surface area (TPSA) is 41.6 Å². The van der Waals surface area contributed by atoms with Crippen LogP contribution in [-0.2, 0) is 17.6 Å². The molecule has 4 nitrogen and oxygen atoms in total. The Morgan fingerprint density at radius 1 is 1.38 bits per heavy atom. The number of nitrogens with one attached hydrogen (secondary N) is 1. The van der Waals surface area contributed by atoms with Gasteiger partial charge in [-0.05, 0) is 44.2 Å². The van der Waals surface area contributed by atoms with Gasteiger partial charge in [-0.25, -0.2) is 0 Å². The molecule has 2 heterocycles. The number of ether oxygens (including phenoxy) is 1. The van der Waals surface area contributed by atoms with E-state index in [4.69, 9.17) is 4.74 Å². The highest BCUT2D eigenvalue weighted by Gasteiger charge is 2.19. The van der Waals surface area contributed by atoms with Crippen molar-refractivity contribution < 1.29 is 9.53 Å². The van der Waals surface area contributed by atoms with Crippen LogP contribution in [0.25, 0.3) is 0 Å². The summed E-state index contributed by atoms with van der Waals surface area (Å²) < 4.78 is 5.35. The Balaban J connectivity index is 1.54. The number of rotatable bonds is 4. The van der Waals surface area contributed by atoms with Crippen molar-refractivity contribution in [3.05, 3.63) is 21.4 Å². The van der Waals surface area contributed by atoms with E-state index in [1.165, 1.54) is 23.3 Å². The lowest BCUT2D eigenvalue weighted by molar-refractivity contribution is 0.0342. The summed E-state index contributed by atoms with van der Waals surface area (Å²) in [6.07, 6.45) is 4.82. The molecule has 1 N–H and O–H groups in total. The number of aryl methyl sites for hydroxylation is 2. The fraction of sp³-hybridized carbons (Fsp3) is 0.688. The van der Waals surface area contributed by atoms with Gasteiger partial charge in [-0.2, -0.15) is 0 Å². The van der Waals surface area contributed by atoms with E-state index >= 15 is 0 Å². The van der Waals surface area contributed by atoms with Crippen molar-refractivity contribution in [1.29, 1.82) is 0 Å². The Labute approximate surface area is 130 Å². The molecule has 1 aliphatic heterocycles. The molecule has 1 aromatic rings. The lowest BCUT2D eigenvalue weighted by Crippen LogP contribution is -2.45. The van der Waals surface area contributed by atoms with E-state index in [2.05, 4.69) is 23.2 Å². The van der Waals surface area contributed by atoms with Crippen molar-refractivity contribution in [2.24, 2.45) is 0 Å². The highest BCUT2D eigenvalue weighted by Crippen LogP contribution is 2.29. The highest BCUT2D eigenvalue weighted by atomic mass is 32.1. The second-order valence-electron chi connectivity index (χ2n) is 6.05. The molecule has 0 unspecified atom stereocenters. The molecule has 0 saturated carbocycles. The molecular weight excluding hydrogens is 284 g/mol. The maximum atomic E-state index is 12.4. The minimum absolute atomic E-state index is 0.0927. The minimum Gasteiger partial charge on any atom is -0.379 e. The van der Waals surface area contributed by atoms with Crippen LogP contribution >= 0.6 is 11.3 Å². The molecule has 0 spiro atoms. The van der Waals surface area contributed by atoms with Crippen LogP contribution in [0.3, 0.4) is 0 Å². The van der Waals surface area contributed by atoms with E-state index in [0.29, 0.717) is 0 Å². The zero-order valence-corrected chi connectivity index (χ0v) is 13.5. The predicted molar refractivity (Wildman–Crippen MR) is 85.1 cm³/mol. The molecule has 1 saturated heterocycles. The van der Waals surface area contributed by atoms with Gasteiger partial charge in [0.05, 0.1) is 18.1 Å². The SMILES string of the molecule is C[C@H](CN1CCOCC1)NC(=O)c1cc2c(s1)CCCC2. The van der Waals surface area contributed by atoms with Crippen LogP contribution < -0.4 is 5.32 Å². The molecule has 21 heavy (non-hydrogen) atoms. The lowest BCUT2D eigenvalue weighted by Gasteiger charge is -2.29. The standard InChI is InChI=1S/C16H24N2O2S/c1-12(11-18-6-8-20-9-7-18)17-16(19)15-10-13-4-2-3-5-14(13)21-15/h10,12H,2-9,11H2,1H3,(H,17,19)/t12-/m1/s1. The summed E-state index contributed by atoms with van der Waals surface area (Å²) in [5, 5.41) is 3.14. The molecule has 116 valence electrons. The molecule has 2 aliphatic rings. The second-order valence-corrected chi connectivity index (χ2v) is 7.19. The first kappa shape index (κ1) is 15.0. The molecule has 1 amide bonds. The molecule has 0 bridgehead atoms. The average molecular weight is 308 g/mol. The molecule has 1 fully saturated rings. The summed E-state index contributed by atoms with van der Waals surface area (Å²) in [7, 11) is 0. The van der Waals surface area contributed by atoms with Crippen LogP contribution in [0.2, 0.25) is 0 Å². The zero-order chi connectivity index (χ0) is 14.7. The monoisotopic (exact) mass is 308 g/mol. The van der Waals surface area contributed by atoms with Crippen molar-refractivity contribution in [3.63, 3.8) is 0 Å². The maximum absolute atomic E-state index is 12.4. The molecule has 3 rings (SSSR count). The number of hydrogen-bond donors (Lipinski definition) is 1. The van der Waals surface area contributed by atoms with E-state index in [1.807, 2.05) is 0 Å². The summed E-state index contributed by atoms with van der Waals surface area (Å²) in [5.41, 5.74) is 1.40. The highest BCUT2D eigenvalue weighted by molar-refractivity contribution is 7.14. The van der Waals surface area contributed by atoms with Gasteiger partial charge in [0, 0.05) is 30.6 Å². The first-order valence-electron chi connectivity index (χ1n) is 7.95. The number of carbonyl (C=O) groups excluding carboxylic acids is 1. The molecule has 1 atom stereocenters. The van der Waals surface area contributed by atoms with Gasteiger partial charge in [-0.3, -0.25) is 9.69 Å². The maximum Gasteiger partial charge on any atom is 0.261 e. The van der Waals surface area contributed by atoms with E-state index in [0.717, 1.165) is 50.6 Å². The normalized spacial score (nSPS) is 20.8. The molecule has 0 aromatic carbocycles. The number of amides is 1. The Morgan fingerprint density at radius 3 is 2.90 bits per heavy atom. The molecule has 5 heteroatoms. The average Bonchev–Trinajstić information content (AvgIpc) is 2.92. The van der Waals surface area contributed by atoms with Crippen molar-refractivity contribution in [2.45, 2.75) is 38.6 Å². The number of morpholine rings is 1. The van der Waals surface area contributed by atoms with Gasteiger partial charge < -0.3 is 10.1 Å². The predicted octanol–water partition coefficient (Wildman–Crippen LogP) is 2.08. The van der Waals surface area contributed by atoms with Crippen molar-refractivity contribution in [3.8, 4) is 0 Å². The molecule has 1 aromatic heterocycles. The quantitative estimate of drug-likeness (QED) is 0.926. The third kappa shape index (κ3) is 3.84. The second kappa shape index (κ2) is 6.90. The third-order valence-corrected chi connectivity index (χ3v) is 5.47. The van der Waals surface area contributed by atoms with Crippen molar-refractivity contribution >= 4 is 17.2 Å².